The molecule has 120 heavy (non-hydrogen) atoms. The van der Waals surface area contributed by atoms with Gasteiger partial charge in [-0.15, -0.1) is 0 Å². The largest absolute Gasteiger partial charge is 0.480 e. The summed E-state index contributed by atoms with van der Waals surface area (Å²) in [5, 5.41) is 26.0. The first kappa shape index (κ1) is 97.9. The minimum Gasteiger partial charge on any atom is -0.480 e. The maximum absolute atomic E-state index is 14.3. The lowest BCUT2D eigenvalue weighted by atomic mass is 9.89. The van der Waals surface area contributed by atoms with E-state index in [0.29, 0.717) is 75.6 Å². The second kappa shape index (κ2) is 49.0. The molecule has 8 rings (SSSR count). The molecule has 2 aliphatic heterocycles. The number of esters is 2. The van der Waals surface area contributed by atoms with Crippen molar-refractivity contribution in [2.45, 2.75) is 231 Å². The van der Waals surface area contributed by atoms with Crippen LogP contribution in [-0.2, 0) is 92.6 Å². The fraction of sp³-hybridized carbons (Fsp3) is 0.568. The molecule has 2 saturated carbocycles. The van der Waals surface area contributed by atoms with Gasteiger partial charge < -0.3 is 82.6 Å². The molecule has 4 aromatic rings. The number of Topliss-reactive ketones (excluding diaryl/α,β-unsaturated/α-hetero) is 1. The molecule has 32 heteroatoms. The third-order valence-electron chi connectivity index (χ3n) is 20.5. The third-order valence-corrected chi connectivity index (χ3v) is 20.5. The summed E-state index contributed by atoms with van der Waals surface area (Å²) in [6.45, 7) is 17.9. The molecule has 2 saturated heterocycles. The number of ketones is 1. The highest BCUT2D eigenvalue weighted by Crippen LogP contribution is 2.37. The Bertz CT molecular complexity index is 4070. The number of nitrogens with two attached hydrogens (primary N) is 3. The number of aliphatic carboxylic acids is 1. The number of amides is 8. The van der Waals surface area contributed by atoms with Crippen molar-refractivity contribution in [1.82, 2.24) is 47.1 Å². The van der Waals surface area contributed by atoms with Crippen molar-refractivity contribution in [3.63, 3.8) is 0 Å². The number of methoxy groups -OCH3 is 2. The first-order valence-electron chi connectivity index (χ1n) is 41.7. The van der Waals surface area contributed by atoms with Gasteiger partial charge in [-0.25, -0.2) is 29.8 Å². The quantitative estimate of drug-likeness (QED) is 0.00394. The molecule has 31 nitrogen and oxygen atoms in total. The fourth-order valence-corrected chi connectivity index (χ4v) is 13.8. The van der Waals surface area contributed by atoms with E-state index in [0.717, 1.165) is 47.9 Å². The van der Waals surface area contributed by atoms with Crippen LogP contribution in [0.1, 0.15) is 176 Å². The van der Waals surface area contributed by atoms with Gasteiger partial charge in [0.05, 0.1) is 53.8 Å². The smallest absolute Gasteiger partial charge is 0.408 e. The lowest BCUT2D eigenvalue weighted by Gasteiger charge is -2.30. The molecule has 14 N–H and O–H groups in total. The van der Waals surface area contributed by atoms with Gasteiger partial charge in [0.2, 0.25) is 35.4 Å². The van der Waals surface area contributed by atoms with Gasteiger partial charge in [0, 0.05) is 69.6 Å². The van der Waals surface area contributed by atoms with E-state index in [1.165, 1.54) is 24.0 Å². The highest BCUT2D eigenvalue weighted by Gasteiger charge is 2.52. The number of carboxylic acid groups (broad SMARTS) is 1. The monoisotopic (exact) mass is 1670 g/mol. The van der Waals surface area contributed by atoms with Crippen molar-refractivity contribution in [1.29, 1.82) is 0 Å². The summed E-state index contributed by atoms with van der Waals surface area (Å²) in [6, 6.07) is 33.7. The average Bonchev–Trinajstić information content (AvgIpc) is 1.65. The number of amidine groups is 2. The SMILES string of the molecule is COC(=O)C1(NC(=O)OC(C)(C)C)CCN(C(=O)[C@@H](CCCN=C(C)N)NC(=O)[C@H](N)CC2CC2)C1.COC(=O)C1(NC(=O)OC(C)(C)C)CCN(C(=O)[C@@H](CCCN=C(C)NN)NC(=O)[C@H](CC(=O)[C@@H](Cc2ccccc2)NC(=O)[C@H](C)Cc2ccccc2)CC2CC2)C1.C[C@H](Cc1ccccc1)C(=O)N[C@H](Cc1ccccc1)C(=O)O.[2H]CF. The molecule has 0 bridgehead atoms. The van der Waals surface area contributed by atoms with Crippen molar-refractivity contribution >= 4 is 83.0 Å². The van der Waals surface area contributed by atoms with Crippen molar-refractivity contribution in [2.75, 3.05) is 60.6 Å². The number of nitrogens with one attached hydrogen (secondary N) is 7. The predicted molar refractivity (Wildman–Crippen MR) is 454 cm³/mol. The first-order valence-corrected chi connectivity index (χ1v) is 41.0. The van der Waals surface area contributed by atoms with Gasteiger partial charge in [-0.05, 0) is 147 Å². The van der Waals surface area contributed by atoms with Crippen LogP contribution in [0.15, 0.2) is 131 Å². The number of likely N-dealkylation sites (tertiary alicyclic amines) is 2. The Labute approximate surface area is 706 Å². The van der Waals surface area contributed by atoms with Crippen LogP contribution < -0.4 is 54.6 Å². The number of carboxylic acids is 1. The van der Waals surface area contributed by atoms with Crippen LogP contribution in [0.25, 0.3) is 0 Å². The average molecular weight is 1680 g/mol. The van der Waals surface area contributed by atoms with E-state index < -0.39 is 113 Å². The Morgan fingerprint density at radius 1 is 0.550 bits per heavy atom. The highest BCUT2D eigenvalue weighted by molar-refractivity contribution is 5.96. The zero-order valence-corrected chi connectivity index (χ0v) is 71.7. The standard InChI is InChI=1S/C44H63N7O8.C24H42N6O6.C19H21NO3.CH3F/c1-29(24-31-14-9-7-10-15-31)38(53)48-36(26-32-16-11-8-12-17-32)37(52)27-34(25-33-19-20-33)39(54)47-35(18-13-22-46-30(2)50-45)40(55)51-23-21-44(28-51,41(56)58-6)49-42(57)59-43(3,4)5;1-15(25)27-11-6-7-18(28-19(31)17(26)13-16-8-9-16)20(32)30-12-10-24(14-30,21(33)35-5)29-22(34)36-23(2,3)4;1-14(12-15-8-4-2-5-9-15)18(21)20-17(19(22)23)13-16-10-6-3-7-11-16;1-2/h7-12,14-17,29,33-36H,13,18-28,45H2,1-6H3,(H,46,50)(H,47,54)(H,48,53)(H,49,57);16-18H,6-14,26H2,1-5H3,(H2,25,27)(H,28,31)(H,29,34);2-11,14,17H,12-13H2,1H3,(H,20,21)(H,22,23);1H3/t29-,34+,35-,36-,44?;17-,18-,24?;14-,17-;/m111./s1/i;;;1D. The lowest BCUT2D eigenvalue weighted by molar-refractivity contribution is -0.149. The second-order valence-corrected chi connectivity index (χ2v) is 33.3. The molecular weight excluding hydrogens is 1540 g/mol. The molecule has 2 aliphatic carbocycles. The van der Waals surface area contributed by atoms with E-state index >= 15 is 0 Å². The van der Waals surface area contributed by atoms with Gasteiger partial charge >= 0.3 is 30.1 Å². The molecule has 8 amide bonds. The van der Waals surface area contributed by atoms with E-state index in [1.54, 1.807) is 55.4 Å². The summed E-state index contributed by atoms with van der Waals surface area (Å²) in [4.78, 5) is 169. The van der Waals surface area contributed by atoms with Crippen molar-refractivity contribution < 1.29 is 87.3 Å². The maximum Gasteiger partial charge on any atom is 0.408 e. The third kappa shape index (κ3) is 35.2. The molecule has 0 spiro atoms. The van der Waals surface area contributed by atoms with Crippen LogP contribution >= 0.6 is 0 Å². The molecular formula is C88H129FN14O17. The minimum atomic E-state index is -1.56. The van der Waals surface area contributed by atoms with Crippen molar-refractivity contribution in [2.24, 2.45) is 56.9 Å². The summed E-state index contributed by atoms with van der Waals surface area (Å²) in [6.07, 6.45) is 6.54. The van der Waals surface area contributed by atoms with Crippen molar-refractivity contribution in [3.05, 3.63) is 144 Å². The summed E-state index contributed by atoms with van der Waals surface area (Å²) < 4.78 is 36.2. The van der Waals surface area contributed by atoms with Gasteiger partial charge in [-0.1, -0.05) is 161 Å². The van der Waals surface area contributed by atoms with E-state index in [4.69, 9.17) is 37.6 Å². The Morgan fingerprint density at radius 3 is 1.27 bits per heavy atom. The van der Waals surface area contributed by atoms with E-state index in [2.05, 4.69) is 47.3 Å². The summed E-state index contributed by atoms with van der Waals surface area (Å²) in [5.41, 5.74) is 13.3. The van der Waals surface area contributed by atoms with Crippen LogP contribution in [0.3, 0.4) is 0 Å². The Morgan fingerprint density at radius 2 is 0.908 bits per heavy atom. The molecule has 10 atom stereocenters. The zero-order valence-electron chi connectivity index (χ0n) is 72.7. The van der Waals surface area contributed by atoms with Gasteiger partial charge in [-0.2, -0.15) is 0 Å². The van der Waals surface area contributed by atoms with Crippen molar-refractivity contribution in [3.8, 4) is 0 Å². The second-order valence-electron chi connectivity index (χ2n) is 33.3. The number of nitrogens with zero attached hydrogens (tertiary/aromatic N) is 4. The summed E-state index contributed by atoms with van der Waals surface area (Å²) in [7, 11) is 1.42. The van der Waals surface area contributed by atoms with Crippen LogP contribution in [0, 0.1) is 29.6 Å². The van der Waals surface area contributed by atoms with Gasteiger partial charge in [0.15, 0.2) is 16.9 Å². The molecule has 0 aromatic heterocycles. The Balaban J connectivity index is 0.000000354. The van der Waals surface area contributed by atoms with E-state index in [9.17, 15) is 67.0 Å². The van der Waals surface area contributed by atoms with Crippen LogP contribution in [0.5, 0.6) is 0 Å². The number of hydrazine groups is 1. The van der Waals surface area contributed by atoms with E-state index in [-0.39, 0.29) is 106 Å². The minimum absolute atomic E-state index is 0.0638. The van der Waals surface area contributed by atoms with Gasteiger partial charge in [-0.3, -0.25) is 47.9 Å². The van der Waals surface area contributed by atoms with Crippen LogP contribution in [0.4, 0.5) is 14.0 Å². The predicted octanol–water partition coefficient (Wildman–Crippen LogP) is 7.47. The van der Waals surface area contributed by atoms with Crippen LogP contribution in [0.2, 0.25) is 0 Å². The van der Waals surface area contributed by atoms with Crippen LogP contribution in [-0.4, -0.2) is 211 Å². The number of alkyl carbamates (subject to hydrolysis) is 2. The summed E-state index contributed by atoms with van der Waals surface area (Å²) >= 11 is 0. The Kier molecular flexibility index (Phi) is 40.0. The number of benzene rings is 4. The molecule has 4 fully saturated rings. The van der Waals surface area contributed by atoms with Gasteiger partial charge in [0.1, 0.15) is 35.2 Å². The topological polar surface area (TPSA) is 455 Å². The molecule has 4 aliphatic rings. The number of ether oxygens (including phenoxy) is 4. The zero-order chi connectivity index (χ0) is 89.6. The maximum atomic E-state index is 14.3. The normalized spacial score (nSPS) is 18.5. The molecule has 2 heterocycles. The Hall–Kier alpha value is -10.9. The first-order chi connectivity index (χ1) is 57.2. The number of alkyl halides is 1. The lowest BCUT2D eigenvalue weighted by Crippen LogP contribution is -2.59. The molecule has 2 unspecified atom stereocenters. The fourth-order valence-electron chi connectivity index (χ4n) is 13.8. The molecule has 0 radical (unpaired) electrons. The van der Waals surface area contributed by atoms with E-state index in [1.807, 2.05) is 135 Å². The molecule has 660 valence electrons. The number of carbonyl (C=O) groups excluding carboxylic acids is 11. The summed E-state index contributed by atoms with van der Waals surface area (Å²) in [5.74, 6) is 0.840. The number of halogens is 1. The highest BCUT2D eigenvalue weighted by atomic mass is 19.1. The van der Waals surface area contributed by atoms with Gasteiger partial charge in [0.25, 0.3) is 0 Å². The number of carbonyl (C=O) groups is 12. The number of hydrogen-bond acceptors (Lipinski definition) is 20. The number of rotatable bonds is 38. The number of aliphatic imine (C=N–C) groups is 2. The molecule has 4 aromatic carbocycles. The number of hydrogen-bond donors (Lipinski definition) is 11.